The van der Waals surface area contributed by atoms with Crippen LogP contribution in [0.2, 0.25) is 0 Å². The van der Waals surface area contributed by atoms with Crippen LogP contribution in [0.1, 0.15) is 18.4 Å². The van der Waals surface area contributed by atoms with E-state index in [2.05, 4.69) is 0 Å². The number of non-ortho nitro benzene ring substituents is 1. The van der Waals surface area contributed by atoms with Crippen LogP contribution in [0.5, 0.6) is 0 Å². The van der Waals surface area contributed by atoms with Crippen molar-refractivity contribution in [2.75, 3.05) is 13.2 Å². The fourth-order valence-electron chi connectivity index (χ4n) is 2.12. The van der Waals surface area contributed by atoms with E-state index in [-0.39, 0.29) is 29.8 Å². The summed E-state index contributed by atoms with van der Waals surface area (Å²) in [4.78, 5) is 10.2. The van der Waals surface area contributed by atoms with E-state index in [1.54, 1.807) is 0 Å². The lowest BCUT2D eigenvalue weighted by Crippen LogP contribution is -2.35. The molecule has 1 aromatic rings. The van der Waals surface area contributed by atoms with Crippen LogP contribution in [0, 0.1) is 17.0 Å². The van der Waals surface area contributed by atoms with Crippen molar-refractivity contribution in [3.05, 3.63) is 33.9 Å². The maximum Gasteiger partial charge on any atom is 0.269 e. The second kappa shape index (κ2) is 5.47. The highest BCUT2D eigenvalue weighted by Gasteiger charge is 2.38. The summed E-state index contributed by atoms with van der Waals surface area (Å²) in [5, 5.41) is 19.7. The summed E-state index contributed by atoms with van der Waals surface area (Å²) in [6.45, 7) is 1.33. The van der Waals surface area contributed by atoms with Gasteiger partial charge in [-0.15, -0.1) is 0 Å². The zero-order valence-electron chi connectivity index (χ0n) is 11.0. The molecule has 7 nitrogen and oxygen atoms in total. The summed E-state index contributed by atoms with van der Waals surface area (Å²) in [5.74, 6) is 0. The first-order chi connectivity index (χ1) is 9.37. The van der Waals surface area contributed by atoms with Gasteiger partial charge in [-0.2, -0.15) is 4.31 Å². The van der Waals surface area contributed by atoms with E-state index in [1.165, 1.54) is 29.4 Å². The third-order valence-electron chi connectivity index (χ3n) is 3.23. The van der Waals surface area contributed by atoms with Crippen molar-refractivity contribution in [2.45, 2.75) is 30.7 Å². The number of nitro groups is 1. The Morgan fingerprint density at radius 1 is 1.45 bits per heavy atom. The highest BCUT2D eigenvalue weighted by Crippen LogP contribution is 2.33. The topological polar surface area (TPSA) is 101 Å². The average molecular weight is 300 g/mol. The summed E-state index contributed by atoms with van der Waals surface area (Å²) >= 11 is 0. The van der Waals surface area contributed by atoms with Crippen molar-refractivity contribution in [1.82, 2.24) is 4.31 Å². The molecule has 8 heteroatoms. The maximum atomic E-state index is 12.6. The summed E-state index contributed by atoms with van der Waals surface area (Å²) in [5.41, 5.74) is 0.198. The summed E-state index contributed by atoms with van der Waals surface area (Å²) in [6.07, 6.45) is 1.57. The fraction of sp³-hybridized carbons (Fsp3) is 0.500. The van der Waals surface area contributed by atoms with Crippen LogP contribution in [0.15, 0.2) is 23.1 Å². The van der Waals surface area contributed by atoms with E-state index in [4.69, 9.17) is 5.11 Å². The lowest BCUT2D eigenvalue weighted by molar-refractivity contribution is -0.385. The Hall–Kier alpha value is -1.51. The van der Waals surface area contributed by atoms with Gasteiger partial charge in [-0.1, -0.05) is 0 Å². The number of benzene rings is 1. The van der Waals surface area contributed by atoms with Crippen LogP contribution in [0.3, 0.4) is 0 Å². The number of sulfonamides is 1. The number of hydrogen-bond donors (Lipinski definition) is 1. The summed E-state index contributed by atoms with van der Waals surface area (Å²) in [7, 11) is -3.72. The van der Waals surface area contributed by atoms with Crippen LogP contribution in [0.4, 0.5) is 5.69 Å². The smallest absolute Gasteiger partial charge is 0.269 e. The van der Waals surface area contributed by atoms with Gasteiger partial charge in [0.15, 0.2) is 0 Å². The number of aliphatic hydroxyl groups excluding tert-OH is 1. The van der Waals surface area contributed by atoms with Gasteiger partial charge < -0.3 is 5.11 Å². The SMILES string of the molecule is Cc1cc([N+](=O)[O-])ccc1S(=O)(=O)N(CCO)C1CC1. The molecule has 1 fully saturated rings. The number of rotatable bonds is 6. The van der Waals surface area contributed by atoms with Crippen LogP contribution < -0.4 is 0 Å². The molecular weight excluding hydrogens is 284 g/mol. The molecular formula is C12H16N2O5S. The highest BCUT2D eigenvalue weighted by atomic mass is 32.2. The molecule has 1 aliphatic carbocycles. The van der Waals surface area contributed by atoms with Gasteiger partial charge in [0.25, 0.3) is 5.69 Å². The fourth-order valence-corrected chi connectivity index (χ4v) is 4.01. The zero-order chi connectivity index (χ0) is 14.9. The Kier molecular flexibility index (Phi) is 4.07. The standard InChI is InChI=1S/C12H16N2O5S/c1-9-8-11(14(16)17)4-5-12(9)20(18,19)13(6-7-15)10-2-3-10/h4-5,8,10,15H,2-3,6-7H2,1H3. The molecule has 0 saturated heterocycles. The van der Waals surface area contributed by atoms with Crippen LogP contribution in [-0.2, 0) is 10.0 Å². The van der Waals surface area contributed by atoms with E-state index in [0.29, 0.717) is 5.56 Å². The molecule has 1 N–H and O–H groups in total. The molecule has 0 bridgehead atoms. The minimum Gasteiger partial charge on any atom is -0.395 e. The number of aryl methyl sites for hydroxylation is 1. The number of hydrogen-bond acceptors (Lipinski definition) is 5. The molecule has 0 heterocycles. The second-order valence-electron chi connectivity index (χ2n) is 4.78. The number of nitro benzene ring substituents is 1. The molecule has 0 spiro atoms. The second-order valence-corrected chi connectivity index (χ2v) is 6.64. The molecule has 0 radical (unpaired) electrons. The average Bonchev–Trinajstić information content (AvgIpc) is 3.19. The molecule has 0 aromatic heterocycles. The van der Waals surface area contributed by atoms with Gasteiger partial charge in [-0.25, -0.2) is 8.42 Å². The van der Waals surface area contributed by atoms with Crippen LogP contribution >= 0.6 is 0 Å². The van der Waals surface area contributed by atoms with Crippen molar-refractivity contribution in [3.8, 4) is 0 Å². The summed E-state index contributed by atoms with van der Waals surface area (Å²) in [6, 6.07) is 3.62. The number of aliphatic hydroxyl groups is 1. The quantitative estimate of drug-likeness (QED) is 0.625. The summed E-state index contributed by atoms with van der Waals surface area (Å²) < 4.78 is 26.4. The van der Waals surface area contributed by atoms with Gasteiger partial charge in [0.1, 0.15) is 0 Å². The Morgan fingerprint density at radius 3 is 2.55 bits per heavy atom. The van der Waals surface area contributed by atoms with Gasteiger partial charge in [0.2, 0.25) is 10.0 Å². The van der Waals surface area contributed by atoms with Crippen molar-refractivity contribution in [1.29, 1.82) is 0 Å². The molecule has 0 amide bonds. The predicted octanol–water partition coefficient (Wildman–Crippen LogP) is 1.05. The van der Waals surface area contributed by atoms with Gasteiger partial charge in [0, 0.05) is 24.7 Å². The van der Waals surface area contributed by atoms with E-state index < -0.39 is 14.9 Å². The third-order valence-corrected chi connectivity index (χ3v) is 5.34. The van der Waals surface area contributed by atoms with Gasteiger partial charge in [0.05, 0.1) is 16.4 Å². The number of nitrogens with zero attached hydrogens (tertiary/aromatic N) is 2. The predicted molar refractivity (Wildman–Crippen MR) is 71.8 cm³/mol. The lowest BCUT2D eigenvalue weighted by atomic mass is 10.2. The Balaban J connectivity index is 2.40. The van der Waals surface area contributed by atoms with Gasteiger partial charge >= 0.3 is 0 Å². The van der Waals surface area contributed by atoms with Gasteiger partial charge in [-0.05, 0) is 31.4 Å². The molecule has 20 heavy (non-hydrogen) atoms. The van der Waals surface area contributed by atoms with Crippen molar-refractivity contribution in [2.24, 2.45) is 0 Å². The molecule has 1 aliphatic rings. The van der Waals surface area contributed by atoms with Crippen molar-refractivity contribution < 1.29 is 18.4 Å². The van der Waals surface area contributed by atoms with Gasteiger partial charge in [-0.3, -0.25) is 10.1 Å². The molecule has 0 unspecified atom stereocenters. The first-order valence-corrected chi connectivity index (χ1v) is 7.69. The minimum absolute atomic E-state index is 0.0451. The van der Waals surface area contributed by atoms with Crippen molar-refractivity contribution in [3.63, 3.8) is 0 Å². The van der Waals surface area contributed by atoms with Crippen LogP contribution in [0.25, 0.3) is 0 Å². The normalized spacial score (nSPS) is 15.6. The van der Waals surface area contributed by atoms with E-state index in [9.17, 15) is 18.5 Å². The highest BCUT2D eigenvalue weighted by molar-refractivity contribution is 7.89. The monoisotopic (exact) mass is 300 g/mol. The first kappa shape index (κ1) is 14.9. The zero-order valence-corrected chi connectivity index (χ0v) is 11.8. The van der Waals surface area contributed by atoms with E-state index >= 15 is 0 Å². The van der Waals surface area contributed by atoms with Crippen LogP contribution in [-0.4, -0.2) is 41.9 Å². The molecule has 1 aromatic carbocycles. The third kappa shape index (κ3) is 2.82. The molecule has 0 atom stereocenters. The minimum atomic E-state index is -3.72. The Morgan fingerprint density at radius 2 is 2.10 bits per heavy atom. The van der Waals surface area contributed by atoms with Crippen molar-refractivity contribution >= 4 is 15.7 Å². The largest absolute Gasteiger partial charge is 0.395 e. The van der Waals surface area contributed by atoms with E-state index in [0.717, 1.165) is 12.8 Å². The Labute approximate surface area is 117 Å². The molecule has 2 rings (SSSR count). The first-order valence-electron chi connectivity index (χ1n) is 6.25. The Bertz CT molecular complexity index is 625. The lowest BCUT2D eigenvalue weighted by Gasteiger charge is -2.21. The molecule has 110 valence electrons. The molecule has 0 aliphatic heterocycles. The van der Waals surface area contributed by atoms with E-state index in [1.807, 2.05) is 0 Å². The molecule has 1 saturated carbocycles. The maximum absolute atomic E-state index is 12.6.